The molecule has 3 heteroatoms. The van der Waals surface area contributed by atoms with Gasteiger partial charge in [-0.1, -0.05) is 31.0 Å². The summed E-state index contributed by atoms with van der Waals surface area (Å²) >= 11 is 0. The topological polar surface area (TPSA) is 32.3 Å². The van der Waals surface area contributed by atoms with Gasteiger partial charge in [-0.2, -0.15) is 0 Å². The summed E-state index contributed by atoms with van der Waals surface area (Å²) < 4.78 is 0. The predicted molar refractivity (Wildman–Crippen MR) is 77.5 cm³/mol. The molecule has 0 radical (unpaired) electrons. The van der Waals surface area contributed by atoms with Gasteiger partial charge in [-0.15, -0.1) is 0 Å². The Morgan fingerprint density at radius 3 is 2.74 bits per heavy atom. The van der Waals surface area contributed by atoms with Gasteiger partial charge in [0.25, 0.3) is 0 Å². The number of carbonyl (C=O) groups excluding carboxylic acids is 1. The minimum absolute atomic E-state index is 0.184. The molecule has 102 valence electrons. The zero-order valence-electron chi connectivity index (χ0n) is 11.6. The number of hydrogen-bond donors (Lipinski definition) is 1. The number of nitrogens with zero attached hydrogens (tertiary/aromatic N) is 1. The third-order valence-corrected chi connectivity index (χ3v) is 4.63. The van der Waals surface area contributed by atoms with Gasteiger partial charge in [0.2, 0.25) is 5.91 Å². The SMILES string of the molecule is CNCCCN1C(=O)C2(CCCC2)c2ccccc21. The summed E-state index contributed by atoms with van der Waals surface area (Å²) in [6.45, 7) is 1.79. The lowest BCUT2D eigenvalue weighted by Gasteiger charge is -2.23. The van der Waals surface area contributed by atoms with Crippen LogP contribution in [0.2, 0.25) is 0 Å². The molecule has 1 aliphatic carbocycles. The molecule has 3 nitrogen and oxygen atoms in total. The van der Waals surface area contributed by atoms with Crippen LogP contribution in [0, 0.1) is 0 Å². The van der Waals surface area contributed by atoms with Crippen molar-refractivity contribution in [3.63, 3.8) is 0 Å². The summed E-state index contributed by atoms with van der Waals surface area (Å²) in [6, 6.07) is 8.39. The van der Waals surface area contributed by atoms with Crippen molar-refractivity contribution in [1.82, 2.24) is 5.32 Å². The van der Waals surface area contributed by atoms with Crippen LogP contribution in [0.4, 0.5) is 5.69 Å². The number of para-hydroxylation sites is 1. The Balaban J connectivity index is 1.93. The van der Waals surface area contributed by atoms with Crippen LogP contribution in [0.15, 0.2) is 24.3 Å². The maximum atomic E-state index is 12.9. The smallest absolute Gasteiger partial charge is 0.237 e. The quantitative estimate of drug-likeness (QED) is 0.841. The fourth-order valence-electron chi connectivity index (χ4n) is 3.69. The third kappa shape index (κ3) is 1.88. The van der Waals surface area contributed by atoms with Crippen molar-refractivity contribution in [1.29, 1.82) is 0 Å². The second-order valence-corrected chi connectivity index (χ2v) is 5.72. The third-order valence-electron chi connectivity index (χ3n) is 4.63. The van der Waals surface area contributed by atoms with Crippen LogP contribution < -0.4 is 10.2 Å². The highest BCUT2D eigenvalue weighted by atomic mass is 16.2. The second kappa shape index (κ2) is 4.97. The number of nitrogens with one attached hydrogen (secondary N) is 1. The Bertz CT molecular complexity index is 477. The van der Waals surface area contributed by atoms with Crippen LogP contribution in [0.25, 0.3) is 0 Å². The van der Waals surface area contributed by atoms with Crippen LogP contribution in [0.5, 0.6) is 0 Å². The predicted octanol–water partition coefficient (Wildman–Crippen LogP) is 2.45. The van der Waals surface area contributed by atoms with E-state index in [0.717, 1.165) is 38.0 Å². The van der Waals surface area contributed by atoms with E-state index < -0.39 is 0 Å². The maximum Gasteiger partial charge on any atom is 0.237 e. The first-order valence-corrected chi connectivity index (χ1v) is 7.36. The Morgan fingerprint density at radius 1 is 1.26 bits per heavy atom. The first-order valence-electron chi connectivity index (χ1n) is 7.36. The summed E-state index contributed by atoms with van der Waals surface area (Å²) in [5.74, 6) is 0.349. The van der Waals surface area contributed by atoms with E-state index in [2.05, 4.69) is 23.5 Å². The molecular formula is C16H22N2O. The summed E-state index contributed by atoms with van der Waals surface area (Å²) in [5, 5.41) is 3.15. The van der Waals surface area contributed by atoms with E-state index in [1.807, 2.05) is 18.0 Å². The molecular weight excluding hydrogens is 236 g/mol. The molecule has 0 atom stereocenters. The van der Waals surface area contributed by atoms with Gasteiger partial charge in [-0.05, 0) is 44.5 Å². The minimum atomic E-state index is -0.184. The second-order valence-electron chi connectivity index (χ2n) is 5.72. The molecule has 3 rings (SSSR count). The number of fused-ring (bicyclic) bond motifs is 2. The Morgan fingerprint density at radius 2 is 2.00 bits per heavy atom. The molecule has 1 aromatic rings. The number of rotatable bonds is 4. The van der Waals surface area contributed by atoms with Crippen molar-refractivity contribution in [2.45, 2.75) is 37.5 Å². The summed E-state index contributed by atoms with van der Waals surface area (Å²) in [6.07, 6.45) is 5.44. The number of benzene rings is 1. The fourth-order valence-corrected chi connectivity index (χ4v) is 3.69. The van der Waals surface area contributed by atoms with Crippen molar-refractivity contribution >= 4 is 11.6 Å². The van der Waals surface area contributed by atoms with Gasteiger partial charge in [-0.3, -0.25) is 4.79 Å². The van der Waals surface area contributed by atoms with Gasteiger partial charge >= 0.3 is 0 Å². The molecule has 1 fully saturated rings. The number of carbonyl (C=O) groups is 1. The number of amides is 1. The van der Waals surface area contributed by atoms with Crippen LogP contribution >= 0.6 is 0 Å². The average molecular weight is 258 g/mol. The van der Waals surface area contributed by atoms with Crippen LogP contribution in [0.3, 0.4) is 0 Å². The zero-order chi connectivity index (χ0) is 13.3. The lowest BCUT2D eigenvalue weighted by atomic mass is 9.80. The highest BCUT2D eigenvalue weighted by Crippen LogP contribution is 2.51. The van der Waals surface area contributed by atoms with Crippen molar-refractivity contribution in [2.24, 2.45) is 0 Å². The largest absolute Gasteiger partial charge is 0.320 e. The molecule has 1 spiro atoms. The molecule has 0 saturated heterocycles. The molecule has 0 bridgehead atoms. The lowest BCUT2D eigenvalue weighted by Crippen LogP contribution is -2.39. The molecule has 1 N–H and O–H groups in total. The Labute approximate surface area is 115 Å². The molecule has 2 aliphatic rings. The zero-order valence-corrected chi connectivity index (χ0v) is 11.6. The molecule has 1 amide bonds. The van der Waals surface area contributed by atoms with E-state index in [4.69, 9.17) is 0 Å². The maximum absolute atomic E-state index is 12.9. The Hall–Kier alpha value is -1.35. The van der Waals surface area contributed by atoms with E-state index in [0.29, 0.717) is 5.91 Å². The molecule has 0 unspecified atom stereocenters. The van der Waals surface area contributed by atoms with Crippen molar-refractivity contribution < 1.29 is 4.79 Å². The van der Waals surface area contributed by atoms with E-state index in [-0.39, 0.29) is 5.41 Å². The minimum Gasteiger partial charge on any atom is -0.320 e. The molecule has 1 heterocycles. The molecule has 1 saturated carbocycles. The molecule has 1 aliphatic heterocycles. The highest BCUT2D eigenvalue weighted by molar-refractivity contribution is 6.08. The average Bonchev–Trinajstić information content (AvgIpc) is 3.01. The molecule has 0 aromatic heterocycles. The van der Waals surface area contributed by atoms with Crippen molar-refractivity contribution in [2.75, 3.05) is 25.0 Å². The fraction of sp³-hybridized carbons (Fsp3) is 0.562. The van der Waals surface area contributed by atoms with E-state index in [9.17, 15) is 4.79 Å². The van der Waals surface area contributed by atoms with Gasteiger partial charge in [0.05, 0.1) is 5.41 Å². The van der Waals surface area contributed by atoms with Gasteiger partial charge < -0.3 is 10.2 Å². The standard InChI is InChI=1S/C16H22N2O/c1-17-11-6-12-18-14-8-3-2-7-13(14)16(15(18)19)9-4-5-10-16/h2-3,7-8,17H,4-6,9-12H2,1H3. The van der Waals surface area contributed by atoms with Crippen LogP contribution in [-0.4, -0.2) is 26.0 Å². The van der Waals surface area contributed by atoms with Crippen LogP contribution in [-0.2, 0) is 10.2 Å². The Kier molecular flexibility index (Phi) is 3.31. The highest BCUT2D eigenvalue weighted by Gasteiger charge is 2.51. The first-order chi connectivity index (χ1) is 9.29. The van der Waals surface area contributed by atoms with Gasteiger partial charge in [-0.25, -0.2) is 0 Å². The number of anilines is 1. The normalized spacial score (nSPS) is 20.3. The van der Waals surface area contributed by atoms with Crippen molar-refractivity contribution in [3.05, 3.63) is 29.8 Å². The van der Waals surface area contributed by atoms with E-state index in [1.54, 1.807) is 0 Å². The number of hydrogen-bond acceptors (Lipinski definition) is 2. The summed E-state index contributed by atoms with van der Waals surface area (Å²) in [7, 11) is 1.96. The van der Waals surface area contributed by atoms with E-state index in [1.165, 1.54) is 18.4 Å². The summed E-state index contributed by atoms with van der Waals surface area (Å²) in [5.41, 5.74) is 2.25. The van der Waals surface area contributed by atoms with Gasteiger partial charge in [0.1, 0.15) is 0 Å². The van der Waals surface area contributed by atoms with E-state index >= 15 is 0 Å². The van der Waals surface area contributed by atoms with Gasteiger partial charge in [0.15, 0.2) is 0 Å². The van der Waals surface area contributed by atoms with Crippen LogP contribution in [0.1, 0.15) is 37.7 Å². The van der Waals surface area contributed by atoms with Gasteiger partial charge in [0, 0.05) is 12.2 Å². The molecule has 1 aromatic carbocycles. The lowest BCUT2D eigenvalue weighted by molar-refractivity contribution is -0.123. The molecule has 19 heavy (non-hydrogen) atoms. The summed E-state index contributed by atoms with van der Waals surface area (Å²) in [4.78, 5) is 14.9. The first kappa shape index (κ1) is 12.7. The monoisotopic (exact) mass is 258 g/mol. The van der Waals surface area contributed by atoms with Crippen molar-refractivity contribution in [3.8, 4) is 0 Å².